The van der Waals surface area contributed by atoms with Crippen molar-refractivity contribution in [3.8, 4) is 5.75 Å². The molecule has 0 saturated carbocycles. The molecule has 8 heteroatoms. The van der Waals surface area contributed by atoms with E-state index in [0.717, 1.165) is 5.56 Å². The van der Waals surface area contributed by atoms with Gasteiger partial charge in [0.15, 0.2) is 24.0 Å². The molecule has 1 saturated heterocycles. The Hall–Kier alpha value is -2.48. The molecule has 0 spiro atoms. The Bertz CT molecular complexity index is 734. The quantitative estimate of drug-likeness (QED) is 0.867. The molecule has 1 aliphatic heterocycles. The highest BCUT2D eigenvalue weighted by atomic mass is 19.1. The molecule has 0 bridgehead atoms. The second-order valence-corrected chi connectivity index (χ2v) is 5.76. The topological polar surface area (TPSA) is 89.1 Å². The van der Waals surface area contributed by atoms with Gasteiger partial charge in [0.2, 0.25) is 0 Å². The van der Waals surface area contributed by atoms with Gasteiger partial charge in [-0.3, -0.25) is 9.89 Å². The number of aryl methyl sites for hydroxylation is 2. The van der Waals surface area contributed by atoms with Crippen molar-refractivity contribution < 1.29 is 18.7 Å². The highest BCUT2D eigenvalue weighted by Crippen LogP contribution is 2.26. The molecule has 1 aliphatic rings. The van der Waals surface area contributed by atoms with Crippen molar-refractivity contribution >= 4 is 5.91 Å². The summed E-state index contributed by atoms with van der Waals surface area (Å²) in [6.07, 6.45) is 0.262. The van der Waals surface area contributed by atoms with Crippen LogP contribution < -0.4 is 10.1 Å². The minimum atomic E-state index is -0.494. The van der Waals surface area contributed by atoms with Gasteiger partial charge in [-0.2, -0.15) is 5.10 Å². The summed E-state index contributed by atoms with van der Waals surface area (Å²) in [5, 5.41) is 9.67. The lowest BCUT2D eigenvalue weighted by molar-refractivity contribution is -0.124. The fourth-order valence-electron chi connectivity index (χ4n) is 2.59. The molecule has 128 valence electrons. The van der Waals surface area contributed by atoms with Crippen molar-refractivity contribution in [2.45, 2.75) is 32.4 Å². The SMILES string of the molecule is Cc1ccc(F)c(OCC(=O)N[C@H]2CCO[C@H]2c2n[nH]c(C)n2)c1. The van der Waals surface area contributed by atoms with Gasteiger partial charge in [0, 0.05) is 6.61 Å². The van der Waals surface area contributed by atoms with E-state index in [1.807, 2.05) is 6.92 Å². The summed E-state index contributed by atoms with van der Waals surface area (Å²) in [7, 11) is 0. The molecule has 1 aromatic carbocycles. The Kier molecular flexibility index (Phi) is 4.75. The Morgan fingerprint density at radius 2 is 2.33 bits per heavy atom. The summed E-state index contributed by atoms with van der Waals surface area (Å²) < 4.78 is 24.5. The number of nitrogens with one attached hydrogen (secondary N) is 2. The monoisotopic (exact) mass is 334 g/mol. The molecular formula is C16H19FN4O3. The Labute approximate surface area is 138 Å². The molecule has 0 radical (unpaired) electrons. The summed E-state index contributed by atoms with van der Waals surface area (Å²) in [6.45, 7) is 3.86. The number of ether oxygens (including phenoxy) is 2. The second-order valence-electron chi connectivity index (χ2n) is 5.76. The van der Waals surface area contributed by atoms with Crippen molar-refractivity contribution in [1.29, 1.82) is 0 Å². The van der Waals surface area contributed by atoms with E-state index in [1.165, 1.54) is 6.07 Å². The number of amides is 1. The predicted octanol–water partition coefficient (Wildman–Crippen LogP) is 1.59. The molecule has 0 aliphatic carbocycles. The maximum atomic E-state index is 13.6. The number of hydrogen-bond donors (Lipinski definition) is 2. The molecule has 3 rings (SSSR count). The maximum absolute atomic E-state index is 13.6. The van der Waals surface area contributed by atoms with Crippen LogP contribution in [0.25, 0.3) is 0 Å². The minimum Gasteiger partial charge on any atom is -0.481 e. The fourth-order valence-corrected chi connectivity index (χ4v) is 2.59. The molecule has 7 nitrogen and oxygen atoms in total. The van der Waals surface area contributed by atoms with Gasteiger partial charge in [0.25, 0.3) is 5.91 Å². The van der Waals surface area contributed by atoms with Crippen LogP contribution in [0, 0.1) is 19.7 Å². The molecule has 1 aromatic heterocycles. The third-order valence-electron chi connectivity index (χ3n) is 3.75. The van der Waals surface area contributed by atoms with Crippen LogP contribution in [0.5, 0.6) is 5.75 Å². The number of benzene rings is 1. The first-order chi connectivity index (χ1) is 11.5. The van der Waals surface area contributed by atoms with Crippen molar-refractivity contribution in [3.63, 3.8) is 0 Å². The number of H-pyrrole nitrogens is 1. The third-order valence-corrected chi connectivity index (χ3v) is 3.75. The number of hydrogen-bond acceptors (Lipinski definition) is 5. The van der Waals surface area contributed by atoms with Crippen LogP contribution in [0.4, 0.5) is 4.39 Å². The average Bonchev–Trinajstić information content (AvgIpc) is 3.17. The van der Waals surface area contributed by atoms with Crippen LogP contribution in [0.3, 0.4) is 0 Å². The summed E-state index contributed by atoms with van der Waals surface area (Å²) in [5.74, 6) is 0.425. The van der Waals surface area contributed by atoms with Crippen LogP contribution in [0.1, 0.15) is 29.7 Å². The Morgan fingerprint density at radius 3 is 3.08 bits per heavy atom. The van der Waals surface area contributed by atoms with E-state index in [2.05, 4.69) is 20.5 Å². The average molecular weight is 334 g/mol. The lowest BCUT2D eigenvalue weighted by Gasteiger charge is -2.17. The summed E-state index contributed by atoms with van der Waals surface area (Å²) >= 11 is 0. The van der Waals surface area contributed by atoms with Crippen LogP contribution in [0.15, 0.2) is 18.2 Å². The first-order valence-corrected chi connectivity index (χ1v) is 7.72. The van der Waals surface area contributed by atoms with Crippen molar-refractivity contribution in [3.05, 3.63) is 41.2 Å². The van der Waals surface area contributed by atoms with E-state index in [-0.39, 0.29) is 24.3 Å². The molecule has 24 heavy (non-hydrogen) atoms. The van der Waals surface area contributed by atoms with Crippen molar-refractivity contribution in [2.24, 2.45) is 0 Å². The number of carbonyl (C=O) groups is 1. The second kappa shape index (κ2) is 6.96. The number of aromatic nitrogens is 3. The molecule has 1 amide bonds. The van der Waals surface area contributed by atoms with Crippen LogP contribution in [-0.4, -0.2) is 40.3 Å². The van der Waals surface area contributed by atoms with Gasteiger partial charge < -0.3 is 14.8 Å². The van der Waals surface area contributed by atoms with E-state index >= 15 is 0 Å². The first-order valence-electron chi connectivity index (χ1n) is 7.72. The molecule has 2 heterocycles. The maximum Gasteiger partial charge on any atom is 0.258 e. The molecule has 2 aromatic rings. The first kappa shape index (κ1) is 16.4. The van der Waals surface area contributed by atoms with E-state index in [1.54, 1.807) is 19.1 Å². The standard InChI is InChI=1S/C16H19FN4O3/c1-9-3-4-11(17)13(7-9)24-8-14(22)19-12-5-6-23-15(12)16-18-10(2)20-21-16/h3-4,7,12,15H,5-6,8H2,1-2H3,(H,19,22)(H,18,20,21)/t12-,15+/m0/s1. The molecule has 1 fully saturated rings. The Balaban J connectivity index is 1.57. The van der Waals surface area contributed by atoms with Crippen LogP contribution in [-0.2, 0) is 9.53 Å². The molecule has 0 unspecified atom stereocenters. The van der Waals surface area contributed by atoms with E-state index in [0.29, 0.717) is 24.7 Å². The van der Waals surface area contributed by atoms with Crippen molar-refractivity contribution in [2.75, 3.05) is 13.2 Å². The van der Waals surface area contributed by atoms with Gasteiger partial charge in [-0.15, -0.1) is 0 Å². The lowest BCUT2D eigenvalue weighted by atomic mass is 10.1. The van der Waals surface area contributed by atoms with Crippen molar-refractivity contribution in [1.82, 2.24) is 20.5 Å². The van der Waals surface area contributed by atoms with Gasteiger partial charge in [-0.05, 0) is 38.0 Å². The highest BCUT2D eigenvalue weighted by Gasteiger charge is 2.33. The predicted molar refractivity (Wildman–Crippen MR) is 83.0 cm³/mol. The zero-order chi connectivity index (χ0) is 17.1. The van der Waals surface area contributed by atoms with Gasteiger partial charge in [-0.1, -0.05) is 6.07 Å². The van der Waals surface area contributed by atoms with E-state index < -0.39 is 11.9 Å². The molecule has 2 N–H and O–H groups in total. The third kappa shape index (κ3) is 3.70. The molecule has 2 atom stereocenters. The lowest BCUT2D eigenvalue weighted by Crippen LogP contribution is -2.39. The fraction of sp³-hybridized carbons (Fsp3) is 0.438. The van der Waals surface area contributed by atoms with E-state index in [9.17, 15) is 9.18 Å². The number of halogens is 1. The van der Waals surface area contributed by atoms with Crippen LogP contribution in [0.2, 0.25) is 0 Å². The smallest absolute Gasteiger partial charge is 0.258 e. The summed E-state index contributed by atoms with van der Waals surface area (Å²) in [5.41, 5.74) is 0.857. The van der Waals surface area contributed by atoms with Gasteiger partial charge >= 0.3 is 0 Å². The van der Waals surface area contributed by atoms with Gasteiger partial charge in [-0.25, -0.2) is 9.37 Å². The van der Waals surface area contributed by atoms with Gasteiger partial charge in [0.05, 0.1) is 6.04 Å². The zero-order valence-corrected chi connectivity index (χ0v) is 13.5. The highest BCUT2D eigenvalue weighted by molar-refractivity contribution is 5.78. The number of rotatable bonds is 5. The molecular weight excluding hydrogens is 315 g/mol. The minimum absolute atomic E-state index is 0.0639. The number of nitrogens with zero attached hydrogens (tertiary/aromatic N) is 2. The Morgan fingerprint density at radius 1 is 1.50 bits per heavy atom. The number of carbonyl (C=O) groups excluding carboxylic acids is 1. The normalized spacial score (nSPS) is 20.1. The zero-order valence-electron chi connectivity index (χ0n) is 13.5. The summed E-state index contributed by atoms with van der Waals surface area (Å²) in [4.78, 5) is 16.3. The largest absolute Gasteiger partial charge is 0.481 e. The summed E-state index contributed by atoms with van der Waals surface area (Å²) in [6, 6.07) is 4.27. The van der Waals surface area contributed by atoms with Gasteiger partial charge in [0.1, 0.15) is 11.9 Å². The van der Waals surface area contributed by atoms with E-state index in [4.69, 9.17) is 9.47 Å². The van der Waals surface area contributed by atoms with Crippen LogP contribution >= 0.6 is 0 Å². The number of aromatic amines is 1.